The fourth-order valence-electron chi connectivity index (χ4n) is 3.04. The number of nitrogens with two attached hydrogens (primary N) is 1. The molecule has 3 heterocycles. The zero-order valence-corrected chi connectivity index (χ0v) is 13.2. The number of anilines is 2. The molecule has 3 aliphatic heterocycles. The van der Waals surface area contributed by atoms with Crippen LogP contribution in [0.3, 0.4) is 0 Å². The fourth-order valence-corrected chi connectivity index (χ4v) is 3.04. The Balaban J connectivity index is 1.54. The summed E-state index contributed by atoms with van der Waals surface area (Å²) in [7, 11) is 2.17. The average molecular weight is 311 g/mol. The van der Waals surface area contributed by atoms with E-state index in [1.54, 1.807) is 6.34 Å². The van der Waals surface area contributed by atoms with Crippen LogP contribution in [0.25, 0.3) is 0 Å². The first-order valence-electron chi connectivity index (χ1n) is 7.81. The van der Waals surface area contributed by atoms with E-state index in [2.05, 4.69) is 57.0 Å². The molecular weight excluding hydrogens is 290 g/mol. The molecule has 0 unspecified atom stereocenters. The van der Waals surface area contributed by atoms with Gasteiger partial charge in [-0.3, -0.25) is 10.3 Å². The van der Waals surface area contributed by atoms with Crippen LogP contribution in [0, 0.1) is 0 Å². The van der Waals surface area contributed by atoms with Crippen molar-refractivity contribution in [3.8, 4) is 0 Å². The van der Waals surface area contributed by atoms with E-state index < -0.39 is 0 Å². The first kappa shape index (κ1) is 14.0. The molecule has 120 valence electrons. The molecule has 1 aromatic rings. The number of hydrogen-bond acceptors (Lipinski definition) is 7. The van der Waals surface area contributed by atoms with Crippen LogP contribution in [-0.2, 0) is 0 Å². The largest absolute Gasteiger partial charge is 0.382 e. The third-order valence-electron chi connectivity index (χ3n) is 4.49. The summed E-state index contributed by atoms with van der Waals surface area (Å²) < 4.78 is 0. The Kier molecular flexibility index (Phi) is 3.34. The number of nitrogens with zero attached hydrogens (tertiary/aromatic N) is 4. The molecule has 0 aromatic heterocycles. The Hall–Kier alpha value is -2.67. The van der Waals surface area contributed by atoms with Gasteiger partial charge in [0, 0.05) is 43.8 Å². The van der Waals surface area contributed by atoms with E-state index in [9.17, 15) is 0 Å². The molecule has 1 saturated heterocycles. The van der Waals surface area contributed by atoms with Gasteiger partial charge in [0.25, 0.3) is 0 Å². The van der Waals surface area contributed by atoms with Gasteiger partial charge in [0.1, 0.15) is 12.0 Å². The van der Waals surface area contributed by atoms with Gasteiger partial charge in [0.15, 0.2) is 5.82 Å². The molecule has 7 heteroatoms. The maximum absolute atomic E-state index is 5.89. The van der Waals surface area contributed by atoms with Gasteiger partial charge in [-0.15, -0.1) is 0 Å². The standard InChI is InChI=1S/C16H21N7/c1-21-6-8-22(9-7-21)12-2-4-13(5-3-12)23-11-18-16(17)15-14(23)10-19-20-15/h2-5,10-11,19-20H,6-9,17H2,1H3. The van der Waals surface area contributed by atoms with Crippen molar-refractivity contribution in [3.63, 3.8) is 0 Å². The molecule has 0 bridgehead atoms. The van der Waals surface area contributed by atoms with Gasteiger partial charge in [0.2, 0.25) is 0 Å². The molecular formula is C16H21N7. The number of nitrogens with one attached hydrogen (secondary N) is 2. The Bertz CT molecular complexity index is 681. The lowest BCUT2D eigenvalue weighted by Crippen LogP contribution is -2.44. The van der Waals surface area contributed by atoms with E-state index in [-0.39, 0.29) is 0 Å². The van der Waals surface area contributed by atoms with Crippen LogP contribution in [-0.4, -0.2) is 44.5 Å². The predicted molar refractivity (Wildman–Crippen MR) is 92.7 cm³/mol. The molecule has 23 heavy (non-hydrogen) atoms. The zero-order valence-electron chi connectivity index (χ0n) is 13.2. The quantitative estimate of drug-likeness (QED) is 0.733. The summed E-state index contributed by atoms with van der Waals surface area (Å²) in [5.74, 6) is 0.492. The van der Waals surface area contributed by atoms with Crippen molar-refractivity contribution in [1.82, 2.24) is 15.8 Å². The monoisotopic (exact) mass is 311 g/mol. The summed E-state index contributed by atoms with van der Waals surface area (Å²) in [6, 6.07) is 8.59. The van der Waals surface area contributed by atoms with Crippen LogP contribution in [0.1, 0.15) is 0 Å². The number of aliphatic imine (C=N–C) groups is 1. The number of likely N-dealkylation sites (N-methyl/N-ethyl adjacent to an activating group) is 1. The van der Waals surface area contributed by atoms with Crippen molar-refractivity contribution in [2.45, 2.75) is 0 Å². The van der Waals surface area contributed by atoms with Crippen molar-refractivity contribution in [3.05, 3.63) is 47.7 Å². The average Bonchev–Trinajstić information content (AvgIpc) is 3.07. The first-order valence-corrected chi connectivity index (χ1v) is 7.81. The van der Waals surface area contributed by atoms with Crippen LogP contribution < -0.4 is 26.4 Å². The number of piperazine rings is 1. The second kappa shape index (κ2) is 5.51. The third kappa shape index (κ3) is 2.49. The summed E-state index contributed by atoms with van der Waals surface area (Å²) in [5, 5.41) is 0. The van der Waals surface area contributed by atoms with Crippen LogP contribution in [0.2, 0.25) is 0 Å². The highest BCUT2D eigenvalue weighted by Gasteiger charge is 2.24. The number of hydrazine groups is 1. The maximum Gasteiger partial charge on any atom is 0.152 e. The molecule has 0 atom stereocenters. The van der Waals surface area contributed by atoms with Crippen LogP contribution in [0.4, 0.5) is 11.4 Å². The Morgan fingerprint density at radius 3 is 2.48 bits per heavy atom. The number of hydrogen-bond donors (Lipinski definition) is 3. The van der Waals surface area contributed by atoms with Crippen LogP contribution >= 0.6 is 0 Å². The van der Waals surface area contributed by atoms with E-state index in [1.807, 2.05) is 11.1 Å². The third-order valence-corrected chi connectivity index (χ3v) is 4.49. The van der Waals surface area contributed by atoms with E-state index in [0.717, 1.165) is 43.3 Å². The van der Waals surface area contributed by atoms with Gasteiger partial charge in [-0.25, -0.2) is 4.99 Å². The summed E-state index contributed by atoms with van der Waals surface area (Å²) in [6.45, 7) is 4.36. The highest BCUT2D eigenvalue weighted by molar-refractivity contribution is 5.88. The number of rotatable bonds is 2. The maximum atomic E-state index is 5.89. The van der Waals surface area contributed by atoms with Gasteiger partial charge in [-0.05, 0) is 31.3 Å². The van der Waals surface area contributed by atoms with Crippen LogP contribution in [0.15, 0.2) is 52.7 Å². The predicted octanol–water partition coefficient (Wildman–Crippen LogP) is 0.364. The summed E-state index contributed by atoms with van der Waals surface area (Å²) in [6.07, 6.45) is 3.64. The lowest BCUT2D eigenvalue weighted by molar-refractivity contribution is 0.313. The molecule has 0 saturated carbocycles. The van der Waals surface area contributed by atoms with Gasteiger partial charge in [-0.1, -0.05) is 0 Å². The highest BCUT2D eigenvalue weighted by atomic mass is 15.4. The van der Waals surface area contributed by atoms with Crippen molar-refractivity contribution in [1.29, 1.82) is 0 Å². The second-order valence-electron chi connectivity index (χ2n) is 5.98. The van der Waals surface area contributed by atoms with Gasteiger partial charge in [-0.2, -0.15) is 0 Å². The Morgan fingerprint density at radius 2 is 1.74 bits per heavy atom. The molecule has 0 radical (unpaired) electrons. The molecule has 4 N–H and O–H groups in total. The summed E-state index contributed by atoms with van der Waals surface area (Å²) in [4.78, 5) is 11.1. The van der Waals surface area contributed by atoms with Crippen molar-refractivity contribution < 1.29 is 0 Å². The normalized spacial score (nSPS) is 21.0. The zero-order chi connectivity index (χ0) is 15.8. The lowest BCUT2D eigenvalue weighted by atomic mass is 10.2. The minimum absolute atomic E-state index is 0.492. The smallest absolute Gasteiger partial charge is 0.152 e. The van der Waals surface area contributed by atoms with Gasteiger partial charge in [0.05, 0.1) is 5.70 Å². The molecule has 0 aliphatic carbocycles. The number of benzene rings is 1. The van der Waals surface area contributed by atoms with E-state index >= 15 is 0 Å². The topological polar surface area (TPSA) is 72.2 Å². The molecule has 0 amide bonds. The molecule has 0 spiro atoms. The van der Waals surface area contributed by atoms with E-state index in [1.165, 1.54) is 5.69 Å². The SMILES string of the molecule is CN1CCN(c2ccc(N3C=NC(N)=C4NNC=C43)cc2)CC1. The molecule has 1 aromatic carbocycles. The minimum atomic E-state index is 0.492. The molecule has 3 aliphatic rings. The fraction of sp³-hybridized carbons (Fsp3) is 0.312. The van der Waals surface area contributed by atoms with Crippen LogP contribution in [0.5, 0.6) is 0 Å². The molecule has 7 nitrogen and oxygen atoms in total. The Labute approximate surface area is 135 Å². The summed E-state index contributed by atoms with van der Waals surface area (Å²) >= 11 is 0. The van der Waals surface area contributed by atoms with Crippen molar-refractivity contribution in [2.24, 2.45) is 10.7 Å². The second-order valence-corrected chi connectivity index (χ2v) is 5.98. The molecule has 1 fully saturated rings. The Morgan fingerprint density at radius 1 is 1.04 bits per heavy atom. The van der Waals surface area contributed by atoms with Gasteiger partial charge < -0.3 is 21.0 Å². The first-order chi connectivity index (χ1) is 11.2. The lowest BCUT2D eigenvalue weighted by Gasteiger charge is -2.34. The van der Waals surface area contributed by atoms with E-state index in [0.29, 0.717) is 5.82 Å². The van der Waals surface area contributed by atoms with E-state index in [4.69, 9.17) is 5.73 Å². The minimum Gasteiger partial charge on any atom is -0.382 e. The van der Waals surface area contributed by atoms with Crippen molar-refractivity contribution >= 4 is 17.7 Å². The number of fused-ring (bicyclic) bond motifs is 1. The summed E-state index contributed by atoms with van der Waals surface area (Å²) in [5.41, 5.74) is 16.0. The van der Waals surface area contributed by atoms with Crippen molar-refractivity contribution in [2.75, 3.05) is 43.0 Å². The highest BCUT2D eigenvalue weighted by Crippen LogP contribution is 2.28. The van der Waals surface area contributed by atoms with Gasteiger partial charge >= 0.3 is 0 Å². The molecule has 4 rings (SSSR count).